The molecular weight excluding hydrogens is 310 g/mol. The van der Waals surface area contributed by atoms with E-state index < -0.39 is 0 Å². The van der Waals surface area contributed by atoms with Gasteiger partial charge >= 0.3 is 0 Å². The lowest BCUT2D eigenvalue weighted by molar-refractivity contribution is -0.121. The molecule has 0 saturated carbocycles. The average Bonchev–Trinajstić information content (AvgIpc) is 2.38. The van der Waals surface area contributed by atoms with Crippen molar-refractivity contribution in [1.29, 1.82) is 0 Å². The summed E-state index contributed by atoms with van der Waals surface area (Å²) >= 11 is 3.41. The summed E-state index contributed by atoms with van der Waals surface area (Å²) in [6, 6.07) is 5.58. The molecule has 106 valence electrons. The summed E-state index contributed by atoms with van der Waals surface area (Å²) in [5.74, 6) is 0.675. The Balaban J connectivity index is 2.66. The summed E-state index contributed by atoms with van der Waals surface area (Å²) < 4.78 is 10.7. The first-order chi connectivity index (χ1) is 9.06. The van der Waals surface area contributed by atoms with Gasteiger partial charge in [-0.2, -0.15) is 0 Å². The van der Waals surface area contributed by atoms with Crippen molar-refractivity contribution in [3.05, 3.63) is 23.8 Å². The Kier molecular flexibility index (Phi) is 6.87. The normalized spacial score (nSPS) is 10.6. The van der Waals surface area contributed by atoms with Crippen LogP contribution in [0.25, 0.3) is 0 Å². The molecule has 0 aliphatic heterocycles. The number of alkyl halides is 1. The fraction of sp³-hybridized carbons (Fsp3) is 0.500. The van der Waals surface area contributed by atoms with E-state index in [1.807, 2.05) is 39.0 Å². The first kappa shape index (κ1) is 16.0. The van der Waals surface area contributed by atoms with Crippen LogP contribution in [0.2, 0.25) is 0 Å². The highest BCUT2D eigenvalue weighted by Crippen LogP contribution is 2.25. The Labute approximate surface area is 122 Å². The molecule has 0 aliphatic rings. The van der Waals surface area contributed by atoms with E-state index in [1.165, 1.54) is 0 Å². The second-order valence-corrected chi connectivity index (χ2v) is 4.86. The highest BCUT2D eigenvalue weighted by atomic mass is 79.9. The molecular formula is C14H20BrNO3. The molecule has 1 aromatic rings. The Morgan fingerprint density at radius 1 is 1.42 bits per heavy atom. The third-order valence-corrected chi connectivity index (χ3v) is 2.94. The summed E-state index contributed by atoms with van der Waals surface area (Å²) in [7, 11) is 0. The second-order valence-electron chi connectivity index (χ2n) is 4.30. The van der Waals surface area contributed by atoms with Crippen LogP contribution in [0.5, 0.6) is 5.75 Å². The molecule has 0 spiro atoms. The lowest BCUT2D eigenvalue weighted by Crippen LogP contribution is -2.20. The van der Waals surface area contributed by atoms with Gasteiger partial charge in [0.25, 0.3) is 0 Å². The van der Waals surface area contributed by atoms with Crippen LogP contribution in [0.15, 0.2) is 18.2 Å². The Morgan fingerprint density at radius 3 is 2.74 bits per heavy atom. The number of hydrogen-bond donors (Lipinski definition) is 1. The monoisotopic (exact) mass is 329 g/mol. The van der Waals surface area contributed by atoms with Gasteiger partial charge in [-0.1, -0.05) is 15.9 Å². The van der Waals surface area contributed by atoms with E-state index in [4.69, 9.17) is 9.47 Å². The topological polar surface area (TPSA) is 47.6 Å². The van der Waals surface area contributed by atoms with Crippen molar-refractivity contribution in [1.82, 2.24) is 0 Å². The van der Waals surface area contributed by atoms with E-state index >= 15 is 0 Å². The molecule has 0 fully saturated rings. The van der Waals surface area contributed by atoms with Crippen molar-refractivity contribution in [3.8, 4) is 5.75 Å². The molecule has 1 N–H and O–H groups in total. The molecule has 0 bridgehead atoms. The molecule has 5 heteroatoms. The number of rotatable bonds is 7. The van der Waals surface area contributed by atoms with Crippen molar-refractivity contribution >= 4 is 27.5 Å². The van der Waals surface area contributed by atoms with Crippen molar-refractivity contribution in [2.24, 2.45) is 0 Å². The van der Waals surface area contributed by atoms with Gasteiger partial charge in [0.1, 0.15) is 12.4 Å². The van der Waals surface area contributed by atoms with Crippen LogP contribution in [-0.2, 0) is 14.9 Å². The third-order valence-electron chi connectivity index (χ3n) is 2.34. The molecule has 0 radical (unpaired) electrons. The number of nitrogens with one attached hydrogen (secondary N) is 1. The predicted octanol–water partition coefficient (Wildman–Crippen LogP) is 3.34. The van der Waals surface area contributed by atoms with Gasteiger partial charge in [0, 0.05) is 16.6 Å². The number of amides is 1. The maximum atomic E-state index is 11.6. The minimum absolute atomic E-state index is 0.0455. The molecule has 1 aromatic carbocycles. The summed E-state index contributed by atoms with van der Waals surface area (Å²) in [4.78, 5) is 11.6. The fourth-order valence-electron chi connectivity index (χ4n) is 1.50. The van der Waals surface area contributed by atoms with Gasteiger partial charge in [0.15, 0.2) is 0 Å². The Bertz CT molecular complexity index is 421. The van der Waals surface area contributed by atoms with Crippen LogP contribution >= 0.6 is 15.9 Å². The fourth-order valence-corrected chi connectivity index (χ4v) is 1.94. The third kappa shape index (κ3) is 5.61. The minimum Gasteiger partial charge on any atom is -0.494 e. The first-order valence-corrected chi connectivity index (χ1v) is 7.42. The standard InChI is InChI=1S/C14H20BrNO3/c1-4-18-13-6-5-12(7-11(13)8-15)16-14(17)9-19-10(2)3/h5-7,10H,4,8-9H2,1-3H3,(H,16,17). The average molecular weight is 330 g/mol. The highest BCUT2D eigenvalue weighted by Gasteiger charge is 2.07. The maximum Gasteiger partial charge on any atom is 0.250 e. The van der Waals surface area contributed by atoms with Gasteiger partial charge in [-0.25, -0.2) is 0 Å². The molecule has 0 atom stereocenters. The molecule has 0 saturated heterocycles. The van der Waals surface area contributed by atoms with E-state index in [1.54, 1.807) is 0 Å². The van der Waals surface area contributed by atoms with Crippen molar-refractivity contribution in [3.63, 3.8) is 0 Å². The van der Waals surface area contributed by atoms with Gasteiger partial charge in [-0.05, 0) is 39.0 Å². The van der Waals surface area contributed by atoms with Crippen LogP contribution in [0, 0.1) is 0 Å². The number of carbonyl (C=O) groups excluding carboxylic acids is 1. The molecule has 4 nitrogen and oxygen atoms in total. The number of halogens is 1. The number of anilines is 1. The van der Waals surface area contributed by atoms with Gasteiger partial charge in [-0.3, -0.25) is 4.79 Å². The second kappa shape index (κ2) is 8.17. The zero-order valence-electron chi connectivity index (χ0n) is 11.5. The number of hydrogen-bond acceptors (Lipinski definition) is 3. The predicted molar refractivity (Wildman–Crippen MR) is 80.0 cm³/mol. The Hall–Kier alpha value is -1.07. The van der Waals surface area contributed by atoms with E-state index in [0.717, 1.165) is 17.0 Å². The summed E-state index contributed by atoms with van der Waals surface area (Å²) in [6.45, 7) is 6.42. The molecule has 0 aliphatic carbocycles. The highest BCUT2D eigenvalue weighted by molar-refractivity contribution is 9.08. The SMILES string of the molecule is CCOc1ccc(NC(=O)COC(C)C)cc1CBr. The van der Waals surface area contributed by atoms with E-state index in [9.17, 15) is 4.79 Å². The van der Waals surface area contributed by atoms with Gasteiger partial charge in [-0.15, -0.1) is 0 Å². The zero-order chi connectivity index (χ0) is 14.3. The van der Waals surface area contributed by atoms with E-state index in [2.05, 4.69) is 21.2 Å². The van der Waals surface area contributed by atoms with Gasteiger partial charge in [0.05, 0.1) is 12.7 Å². The smallest absolute Gasteiger partial charge is 0.250 e. The lowest BCUT2D eigenvalue weighted by Gasteiger charge is -2.12. The summed E-state index contributed by atoms with van der Waals surface area (Å²) in [5, 5.41) is 3.48. The molecule has 0 heterocycles. The van der Waals surface area contributed by atoms with Crippen LogP contribution in [-0.4, -0.2) is 25.2 Å². The number of benzene rings is 1. The molecule has 19 heavy (non-hydrogen) atoms. The quantitative estimate of drug-likeness (QED) is 0.780. The zero-order valence-corrected chi connectivity index (χ0v) is 13.1. The van der Waals surface area contributed by atoms with Gasteiger partial charge < -0.3 is 14.8 Å². The van der Waals surface area contributed by atoms with Crippen molar-refractivity contribution in [2.45, 2.75) is 32.2 Å². The molecule has 1 rings (SSSR count). The van der Waals surface area contributed by atoms with Crippen LogP contribution in [0.1, 0.15) is 26.3 Å². The number of carbonyl (C=O) groups is 1. The molecule has 0 unspecified atom stereocenters. The largest absolute Gasteiger partial charge is 0.494 e. The van der Waals surface area contributed by atoms with Crippen LogP contribution in [0.4, 0.5) is 5.69 Å². The van der Waals surface area contributed by atoms with Crippen LogP contribution < -0.4 is 10.1 Å². The minimum atomic E-state index is -0.154. The van der Waals surface area contributed by atoms with Crippen molar-refractivity contribution in [2.75, 3.05) is 18.5 Å². The van der Waals surface area contributed by atoms with E-state index in [-0.39, 0.29) is 18.6 Å². The summed E-state index contributed by atoms with van der Waals surface area (Å²) in [6.07, 6.45) is 0.0455. The number of ether oxygens (including phenoxy) is 2. The van der Waals surface area contributed by atoms with E-state index in [0.29, 0.717) is 11.9 Å². The molecule has 1 amide bonds. The molecule has 0 aromatic heterocycles. The van der Waals surface area contributed by atoms with Crippen molar-refractivity contribution < 1.29 is 14.3 Å². The van der Waals surface area contributed by atoms with Crippen LogP contribution in [0.3, 0.4) is 0 Å². The Morgan fingerprint density at radius 2 is 2.16 bits per heavy atom. The maximum absolute atomic E-state index is 11.6. The van der Waals surface area contributed by atoms with Gasteiger partial charge in [0.2, 0.25) is 5.91 Å². The first-order valence-electron chi connectivity index (χ1n) is 6.30. The lowest BCUT2D eigenvalue weighted by atomic mass is 10.2. The summed E-state index contributed by atoms with van der Waals surface area (Å²) in [5.41, 5.74) is 1.75.